The van der Waals surface area contributed by atoms with E-state index in [1.54, 1.807) is 12.1 Å². The van der Waals surface area contributed by atoms with Gasteiger partial charge >= 0.3 is 0 Å². The smallest absolute Gasteiger partial charge is 0.262 e. The Morgan fingerprint density at radius 1 is 1.04 bits per heavy atom. The molecule has 28 heavy (non-hydrogen) atoms. The van der Waals surface area contributed by atoms with Gasteiger partial charge in [-0.05, 0) is 42.4 Å². The first-order chi connectivity index (χ1) is 13.4. The van der Waals surface area contributed by atoms with Gasteiger partial charge in [0.2, 0.25) is 11.8 Å². The Morgan fingerprint density at radius 2 is 1.75 bits per heavy atom. The molecule has 0 radical (unpaired) electrons. The van der Waals surface area contributed by atoms with E-state index in [1.165, 1.54) is 6.42 Å². The molecule has 0 aromatic heterocycles. The molecule has 2 unspecified atom stereocenters. The van der Waals surface area contributed by atoms with Crippen LogP contribution in [0.25, 0.3) is 0 Å². The van der Waals surface area contributed by atoms with Crippen molar-refractivity contribution in [1.29, 1.82) is 0 Å². The van der Waals surface area contributed by atoms with Crippen LogP contribution >= 0.6 is 0 Å². The second-order valence-electron chi connectivity index (χ2n) is 8.35. The van der Waals surface area contributed by atoms with Crippen molar-refractivity contribution >= 4 is 23.6 Å². The lowest BCUT2D eigenvalue weighted by molar-refractivity contribution is -0.136. The van der Waals surface area contributed by atoms with Gasteiger partial charge in [0, 0.05) is 32.1 Å². The maximum atomic E-state index is 12.9. The molecule has 4 amide bonds. The molecule has 0 spiro atoms. The zero-order valence-electron chi connectivity index (χ0n) is 15.4. The summed E-state index contributed by atoms with van der Waals surface area (Å²) in [6.45, 7) is 2.64. The summed E-state index contributed by atoms with van der Waals surface area (Å²) in [5.41, 5.74) is 7.76. The minimum absolute atomic E-state index is 0.120. The van der Waals surface area contributed by atoms with Gasteiger partial charge in [0.1, 0.15) is 6.04 Å². The molecule has 1 aromatic carbocycles. The van der Waals surface area contributed by atoms with Crippen LogP contribution in [0.5, 0.6) is 0 Å². The fourth-order valence-electron chi connectivity index (χ4n) is 5.03. The van der Waals surface area contributed by atoms with Crippen LogP contribution in [0.4, 0.5) is 0 Å². The maximum absolute atomic E-state index is 12.9. The minimum atomic E-state index is -0.927. The van der Waals surface area contributed by atoms with Crippen LogP contribution in [0.15, 0.2) is 18.2 Å². The molecule has 4 atom stereocenters. The van der Waals surface area contributed by atoms with Crippen LogP contribution in [0, 0.1) is 11.8 Å². The van der Waals surface area contributed by atoms with Gasteiger partial charge in [-0.2, -0.15) is 0 Å². The summed E-state index contributed by atoms with van der Waals surface area (Å²) < 4.78 is 0. The van der Waals surface area contributed by atoms with Crippen LogP contribution in [0.1, 0.15) is 45.5 Å². The molecule has 4 fully saturated rings. The Labute approximate surface area is 162 Å². The quantitative estimate of drug-likeness (QED) is 0.704. The van der Waals surface area contributed by atoms with E-state index >= 15 is 0 Å². The summed E-state index contributed by atoms with van der Waals surface area (Å²) in [5, 5.41) is 2.21. The van der Waals surface area contributed by atoms with Gasteiger partial charge in [-0.15, -0.1) is 0 Å². The molecule has 6 rings (SSSR count). The van der Waals surface area contributed by atoms with E-state index < -0.39 is 23.8 Å². The summed E-state index contributed by atoms with van der Waals surface area (Å²) in [6.07, 6.45) is 1.49. The van der Waals surface area contributed by atoms with E-state index in [4.69, 9.17) is 5.73 Å². The van der Waals surface area contributed by atoms with Crippen LogP contribution in [0.2, 0.25) is 0 Å². The van der Waals surface area contributed by atoms with Gasteiger partial charge in [0.25, 0.3) is 11.8 Å². The summed E-state index contributed by atoms with van der Waals surface area (Å²) in [4.78, 5) is 52.5. The molecule has 146 valence electrons. The topological polar surface area (TPSA) is 113 Å². The average Bonchev–Trinajstić information content (AvgIpc) is 2.92. The van der Waals surface area contributed by atoms with Crippen molar-refractivity contribution in [2.24, 2.45) is 17.6 Å². The first-order valence-corrected chi connectivity index (χ1v) is 9.75. The highest BCUT2D eigenvalue weighted by Gasteiger charge is 2.46. The third-order valence-corrected chi connectivity index (χ3v) is 6.59. The Kier molecular flexibility index (Phi) is 3.89. The lowest BCUT2D eigenvalue weighted by atomic mass is 9.67. The molecule has 4 heterocycles. The predicted octanol–water partition coefficient (Wildman–Crippen LogP) is -0.133. The number of carbonyl (C=O) groups excluding carboxylic acids is 4. The van der Waals surface area contributed by atoms with Gasteiger partial charge in [-0.25, -0.2) is 0 Å². The number of carbonyl (C=O) groups is 4. The van der Waals surface area contributed by atoms with Gasteiger partial charge in [0.15, 0.2) is 0 Å². The molecule has 2 bridgehead atoms. The third-order valence-electron chi connectivity index (χ3n) is 6.59. The standard InChI is InChI=1S/C20H22N4O4/c21-17-11-6-12(17)9-23(8-11)7-10-1-2-13-14(5-10)20(28)24(19(13)27)15-3-4-16(25)22-18(15)26/h1-2,5,11-12,15,17H,3-4,6-9,21H2,(H,22,25,26)/t11-,12+,15?,17?. The van der Waals surface area contributed by atoms with Crippen LogP contribution < -0.4 is 11.1 Å². The lowest BCUT2D eigenvalue weighted by Gasteiger charge is -2.52. The van der Waals surface area contributed by atoms with E-state index in [9.17, 15) is 19.2 Å². The Hall–Kier alpha value is -2.58. The van der Waals surface area contributed by atoms with E-state index in [-0.39, 0.29) is 18.7 Å². The highest BCUT2D eigenvalue weighted by atomic mass is 16.2. The van der Waals surface area contributed by atoms with Crippen molar-refractivity contribution in [2.45, 2.75) is 37.9 Å². The van der Waals surface area contributed by atoms with Gasteiger partial charge in [0.05, 0.1) is 11.1 Å². The molecule has 1 aromatic rings. The normalized spacial score (nSPS) is 32.2. The molecule has 3 N–H and O–H groups in total. The summed E-state index contributed by atoms with van der Waals surface area (Å²) in [6, 6.07) is 4.70. The van der Waals surface area contributed by atoms with Crippen molar-refractivity contribution in [3.05, 3.63) is 34.9 Å². The Balaban J connectivity index is 1.34. The first-order valence-electron chi connectivity index (χ1n) is 9.75. The monoisotopic (exact) mass is 382 g/mol. The number of nitrogens with zero attached hydrogens (tertiary/aromatic N) is 2. The van der Waals surface area contributed by atoms with Gasteiger partial charge in [-0.1, -0.05) is 6.07 Å². The number of amides is 4. The second-order valence-corrected chi connectivity index (χ2v) is 8.35. The molecular weight excluding hydrogens is 360 g/mol. The highest BCUT2D eigenvalue weighted by molar-refractivity contribution is 6.23. The first kappa shape index (κ1) is 17.5. The van der Waals surface area contributed by atoms with Crippen molar-refractivity contribution < 1.29 is 19.2 Å². The van der Waals surface area contributed by atoms with Gasteiger partial charge < -0.3 is 5.73 Å². The van der Waals surface area contributed by atoms with E-state index in [0.717, 1.165) is 23.6 Å². The molecule has 4 aliphatic heterocycles. The van der Waals surface area contributed by atoms with Crippen molar-refractivity contribution in [3.8, 4) is 0 Å². The number of rotatable bonds is 3. The minimum Gasteiger partial charge on any atom is -0.327 e. The number of hydrogen-bond acceptors (Lipinski definition) is 6. The summed E-state index contributed by atoms with van der Waals surface area (Å²) in [7, 11) is 0. The van der Waals surface area contributed by atoms with Crippen molar-refractivity contribution in [1.82, 2.24) is 15.1 Å². The zero-order chi connectivity index (χ0) is 19.6. The van der Waals surface area contributed by atoms with E-state index in [1.807, 2.05) is 6.07 Å². The number of nitrogens with one attached hydrogen (secondary N) is 1. The number of hydrogen-bond donors (Lipinski definition) is 2. The molecule has 5 aliphatic rings. The third kappa shape index (κ3) is 2.59. The van der Waals surface area contributed by atoms with Crippen LogP contribution in [0.3, 0.4) is 0 Å². The van der Waals surface area contributed by atoms with Crippen molar-refractivity contribution in [3.63, 3.8) is 0 Å². The molecular formula is C20H22N4O4. The SMILES string of the molecule is NC1[C@@H]2C[C@H]1CN(Cc1ccc3c(c1)C(=O)N(C1CCC(=O)NC1=O)C3=O)C2. The second kappa shape index (κ2) is 6.22. The van der Waals surface area contributed by atoms with E-state index in [2.05, 4.69) is 10.2 Å². The number of imide groups is 2. The fourth-order valence-corrected chi connectivity index (χ4v) is 5.03. The summed E-state index contributed by atoms with van der Waals surface area (Å²) >= 11 is 0. The predicted molar refractivity (Wildman–Crippen MR) is 98.0 cm³/mol. The molecule has 8 heteroatoms. The fraction of sp³-hybridized carbons (Fsp3) is 0.500. The largest absolute Gasteiger partial charge is 0.327 e. The van der Waals surface area contributed by atoms with Crippen LogP contribution in [-0.4, -0.2) is 58.6 Å². The Bertz CT molecular complexity index is 901. The molecule has 1 saturated carbocycles. The van der Waals surface area contributed by atoms with Crippen molar-refractivity contribution in [2.75, 3.05) is 13.1 Å². The number of benzene rings is 1. The zero-order valence-corrected chi connectivity index (χ0v) is 15.4. The van der Waals surface area contributed by atoms with Crippen LogP contribution in [-0.2, 0) is 16.1 Å². The average molecular weight is 382 g/mol. The molecule has 3 saturated heterocycles. The lowest BCUT2D eigenvalue weighted by Crippen LogP contribution is -2.61. The van der Waals surface area contributed by atoms with E-state index in [0.29, 0.717) is 35.5 Å². The molecule has 8 nitrogen and oxygen atoms in total. The molecule has 1 aliphatic carbocycles. The summed E-state index contributed by atoms with van der Waals surface area (Å²) in [5.74, 6) is -0.779. The van der Waals surface area contributed by atoms with Gasteiger partial charge in [-0.3, -0.25) is 34.3 Å². The number of fused-ring (bicyclic) bond motifs is 3. The highest BCUT2D eigenvalue weighted by Crippen LogP contribution is 2.39. The maximum Gasteiger partial charge on any atom is 0.262 e. The number of piperidine rings is 3. The Morgan fingerprint density at radius 3 is 2.43 bits per heavy atom. The number of nitrogens with two attached hydrogens (primary N) is 1.